The van der Waals surface area contributed by atoms with E-state index in [1.54, 1.807) is 54.6 Å². The highest BCUT2D eigenvalue weighted by Gasteiger charge is 2.15. The van der Waals surface area contributed by atoms with Crippen molar-refractivity contribution < 1.29 is 19.1 Å². The average molecular weight is 515 g/mol. The number of carbonyl (C=O) groups is 3. The predicted molar refractivity (Wildman–Crippen MR) is 126 cm³/mol. The number of hydrazone groups is 1. The van der Waals surface area contributed by atoms with Crippen LogP contribution in [0, 0.1) is 6.92 Å². The molecule has 0 aliphatic rings. The van der Waals surface area contributed by atoms with Crippen molar-refractivity contribution >= 4 is 57.2 Å². The third-order valence-electron chi connectivity index (χ3n) is 4.15. The molecule has 0 atom stereocenters. The van der Waals surface area contributed by atoms with Crippen LogP contribution < -0.4 is 15.5 Å². The van der Waals surface area contributed by atoms with Gasteiger partial charge in [0.25, 0.3) is 0 Å². The lowest BCUT2D eigenvalue weighted by Crippen LogP contribution is -2.32. The molecule has 9 heteroatoms. The van der Waals surface area contributed by atoms with Gasteiger partial charge in [0.15, 0.2) is 0 Å². The number of anilines is 1. The predicted octanol–water partition coefficient (Wildman–Crippen LogP) is 4.72. The first kappa shape index (κ1) is 23.2. The maximum absolute atomic E-state index is 12.5. The van der Waals surface area contributed by atoms with Crippen LogP contribution in [0.15, 0.2) is 76.3 Å². The Morgan fingerprint density at radius 2 is 1.72 bits per heavy atom. The summed E-state index contributed by atoms with van der Waals surface area (Å²) in [5.74, 6) is -2.27. The second-order valence-electron chi connectivity index (χ2n) is 6.57. The fraction of sp³-hybridized carbons (Fsp3) is 0.0435. The maximum Gasteiger partial charge on any atom is 0.345 e. The highest BCUT2D eigenvalue weighted by atomic mass is 79.9. The van der Waals surface area contributed by atoms with E-state index in [4.69, 9.17) is 16.3 Å². The number of carbonyl (C=O) groups excluding carboxylic acids is 3. The van der Waals surface area contributed by atoms with Crippen molar-refractivity contribution in [2.75, 3.05) is 5.32 Å². The molecule has 0 bridgehead atoms. The summed E-state index contributed by atoms with van der Waals surface area (Å²) in [4.78, 5) is 36.5. The van der Waals surface area contributed by atoms with Crippen LogP contribution >= 0.6 is 27.5 Å². The fourth-order valence-corrected chi connectivity index (χ4v) is 3.12. The van der Waals surface area contributed by atoms with Crippen molar-refractivity contribution in [1.82, 2.24) is 5.43 Å². The Balaban J connectivity index is 1.67. The topological polar surface area (TPSA) is 96.9 Å². The summed E-state index contributed by atoms with van der Waals surface area (Å²) >= 11 is 9.37. The van der Waals surface area contributed by atoms with Crippen molar-refractivity contribution in [1.29, 1.82) is 0 Å². The summed E-state index contributed by atoms with van der Waals surface area (Å²) in [6, 6.07) is 18.4. The monoisotopic (exact) mass is 513 g/mol. The van der Waals surface area contributed by atoms with E-state index in [1.165, 1.54) is 6.21 Å². The van der Waals surface area contributed by atoms with Crippen LogP contribution in [0.4, 0.5) is 5.69 Å². The van der Waals surface area contributed by atoms with Crippen LogP contribution in [0.2, 0.25) is 5.02 Å². The van der Waals surface area contributed by atoms with Crippen LogP contribution in [-0.2, 0) is 9.59 Å². The normalized spacial score (nSPS) is 10.6. The van der Waals surface area contributed by atoms with Gasteiger partial charge in [-0.05, 0) is 49.4 Å². The molecule has 3 aromatic rings. The molecule has 0 saturated heterocycles. The van der Waals surface area contributed by atoms with E-state index in [-0.39, 0.29) is 16.3 Å². The molecule has 2 N–H and O–H groups in total. The van der Waals surface area contributed by atoms with E-state index in [0.717, 1.165) is 5.56 Å². The Bertz CT molecular complexity index is 1200. The Morgan fingerprint density at radius 3 is 2.44 bits per heavy atom. The molecule has 0 heterocycles. The molecular formula is C23H17BrClN3O4. The van der Waals surface area contributed by atoms with E-state index in [1.807, 2.05) is 19.1 Å². The standard InChI is InChI=1S/C23H17BrClN3O4/c1-14-6-9-17(10-7-14)27-21(29)22(30)28-26-13-15-12-16(24)8-11-20(15)32-23(31)18-4-2-3-5-19(18)25/h2-13H,1H3,(H,27,29)(H,28,30)/b26-13-. The van der Waals surface area contributed by atoms with Gasteiger partial charge in [-0.2, -0.15) is 5.10 Å². The molecule has 0 aliphatic heterocycles. The first-order chi connectivity index (χ1) is 15.3. The van der Waals surface area contributed by atoms with E-state index in [9.17, 15) is 14.4 Å². The first-order valence-electron chi connectivity index (χ1n) is 9.31. The molecule has 0 spiro atoms. The number of rotatable bonds is 5. The highest BCUT2D eigenvalue weighted by Crippen LogP contribution is 2.24. The van der Waals surface area contributed by atoms with Crippen LogP contribution in [0.25, 0.3) is 0 Å². The molecule has 0 unspecified atom stereocenters. The molecule has 2 amide bonds. The minimum Gasteiger partial charge on any atom is -0.422 e. The second kappa shape index (κ2) is 10.7. The number of amides is 2. The third-order valence-corrected chi connectivity index (χ3v) is 4.98. The zero-order chi connectivity index (χ0) is 23.1. The van der Waals surface area contributed by atoms with E-state index < -0.39 is 17.8 Å². The molecule has 0 radical (unpaired) electrons. The van der Waals surface area contributed by atoms with Crippen LogP contribution in [-0.4, -0.2) is 24.0 Å². The molecule has 0 saturated carbocycles. The lowest BCUT2D eigenvalue weighted by atomic mass is 10.2. The van der Waals surface area contributed by atoms with Crippen LogP contribution in [0.3, 0.4) is 0 Å². The number of benzene rings is 3. The summed E-state index contributed by atoms with van der Waals surface area (Å²) in [6.07, 6.45) is 1.26. The first-order valence-corrected chi connectivity index (χ1v) is 10.5. The lowest BCUT2D eigenvalue weighted by Gasteiger charge is -2.09. The minimum absolute atomic E-state index is 0.195. The summed E-state index contributed by atoms with van der Waals surface area (Å²) in [5.41, 5.74) is 4.25. The fourth-order valence-electron chi connectivity index (χ4n) is 2.53. The van der Waals surface area contributed by atoms with E-state index in [2.05, 4.69) is 31.8 Å². The van der Waals surface area contributed by atoms with Gasteiger partial charge < -0.3 is 10.1 Å². The molecule has 0 fully saturated rings. The molecule has 0 aliphatic carbocycles. The number of hydrogen-bond acceptors (Lipinski definition) is 5. The number of aryl methyl sites for hydroxylation is 1. The number of esters is 1. The van der Waals surface area contributed by atoms with E-state index >= 15 is 0 Å². The number of ether oxygens (including phenoxy) is 1. The van der Waals surface area contributed by atoms with Crippen molar-refractivity contribution in [2.24, 2.45) is 5.10 Å². The molecule has 7 nitrogen and oxygen atoms in total. The molecule has 162 valence electrons. The Labute approximate surface area is 197 Å². The smallest absolute Gasteiger partial charge is 0.345 e. The van der Waals surface area contributed by atoms with Gasteiger partial charge in [-0.15, -0.1) is 0 Å². The third kappa shape index (κ3) is 6.26. The van der Waals surface area contributed by atoms with Crippen molar-refractivity contribution in [2.45, 2.75) is 6.92 Å². The van der Waals surface area contributed by atoms with Crippen molar-refractivity contribution in [3.05, 3.63) is 92.9 Å². The Kier molecular flexibility index (Phi) is 7.75. The summed E-state index contributed by atoms with van der Waals surface area (Å²) in [7, 11) is 0. The van der Waals surface area contributed by atoms with Gasteiger partial charge in [-0.1, -0.05) is 57.4 Å². The summed E-state index contributed by atoms with van der Waals surface area (Å²) in [5, 5.41) is 6.53. The lowest BCUT2D eigenvalue weighted by molar-refractivity contribution is -0.136. The van der Waals surface area contributed by atoms with Crippen LogP contribution in [0.5, 0.6) is 5.75 Å². The average Bonchev–Trinajstić information content (AvgIpc) is 2.77. The number of halogens is 2. The minimum atomic E-state index is -0.952. The van der Waals surface area contributed by atoms with Gasteiger partial charge in [0.2, 0.25) is 0 Å². The second-order valence-corrected chi connectivity index (χ2v) is 7.89. The SMILES string of the molecule is Cc1ccc(NC(=O)C(=O)N/N=C\c2cc(Br)ccc2OC(=O)c2ccccc2Cl)cc1. The summed E-state index contributed by atoms with van der Waals surface area (Å²) < 4.78 is 6.13. The van der Waals surface area contributed by atoms with Gasteiger partial charge >= 0.3 is 17.8 Å². The molecule has 3 aromatic carbocycles. The van der Waals surface area contributed by atoms with Gasteiger partial charge in [-0.3, -0.25) is 9.59 Å². The Morgan fingerprint density at radius 1 is 1.00 bits per heavy atom. The number of hydrogen-bond donors (Lipinski definition) is 2. The van der Waals surface area contributed by atoms with Gasteiger partial charge in [0, 0.05) is 15.7 Å². The molecule has 0 aromatic heterocycles. The van der Waals surface area contributed by atoms with Gasteiger partial charge in [0.1, 0.15) is 5.75 Å². The maximum atomic E-state index is 12.5. The van der Waals surface area contributed by atoms with Crippen molar-refractivity contribution in [3.8, 4) is 5.75 Å². The zero-order valence-electron chi connectivity index (χ0n) is 16.8. The molecular weight excluding hydrogens is 498 g/mol. The zero-order valence-corrected chi connectivity index (χ0v) is 19.1. The molecule has 32 heavy (non-hydrogen) atoms. The highest BCUT2D eigenvalue weighted by molar-refractivity contribution is 9.10. The van der Waals surface area contributed by atoms with Crippen molar-refractivity contribution in [3.63, 3.8) is 0 Å². The molecule has 3 rings (SSSR count). The summed E-state index contributed by atoms with van der Waals surface area (Å²) in [6.45, 7) is 1.91. The Hall–Kier alpha value is -3.49. The van der Waals surface area contributed by atoms with Gasteiger partial charge in [0.05, 0.1) is 16.8 Å². The largest absolute Gasteiger partial charge is 0.422 e. The number of nitrogens with one attached hydrogen (secondary N) is 2. The number of nitrogens with zero attached hydrogens (tertiary/aromatic N) is 1. The van der Waals surface area contributed by atoms with E-state index in [0.29, 0.717) is 15.7 Å². The van der Waals surface area contributed by atoms with Gasteiger partial charge in [-0.25, -0.2) is 10.2 Å². The quantitative estimate of drug-likeness (QED) is 0.169. The van der Waals surface area contributed by atoms with Crippen LogP contribution in [0.1, 0.15) is 21.5 Å².